The van der Waals surface area contributed by atoms with Crippen molar-refractivity contribution in [1.29, 1.82) is 0 Å². The van der Waals surface area contributed by atoms with E-state index in [2.05, 4.69) is 15.3 Å². The van der Waals surface area contributed by atoms with E-state index in [0.29, 0.717) is 36.3 Å². The highest BCUT2D eigenvalue weighted by atomic mass is 16.5. The molecule has 0 bridgehead atoms. The number of hydrogen-bond acceptors (Lipinski definition) is 6. The van der Waals surface area contributed by atoms with Gasteiger partial charge in [0.2, 0.25) is 0 Å². The molecule has 0 saturated carbocycles. The maximum absolute atomic E-state index is 12.7. The number of anilines is 1. The van der Waals surface area contributed by atoms with Crippen LogP contribution in [0.3, 0.4) is 0 Å². The fourth-order valence-electron chi connectivity index (χ4n) is 3.13. The molecule has 0 radical (unpaired) electrons. The number of carbonyl (C=O) groups is 1. The summed E-state index contributed by atoms with van der Waals surface area (Å²) in [6.45, 7) is 3.18. The van der Waals surface area contributed by atoms with E-state index >= 15 is 0 Å². The lowest BCUT2D eigenvalue weighted by Gasteiger charge is -2.32. The Morgan fingerprint density at radius 2 is 2.04 bits per heavy atom. The minimum Gasteiger partial charge on any atom is -0.493 e. The fraction of sp³-hybridized carbons (Fsp3) is 0.450. The Kier molecular flexibility index (Phi) is 6.52. The van der Waals surface area contributed by atoms with Gasteiger partial charge in [0.1, 0.15) is 6.10 Å². The summed E-state index contributed by atoms with van der Waals surface area (Å²) in [5, 5.41) is 2.90. The SMILES string of the molecule is CCc1cnc(OC2CCCN(C(=O)Nc3cccc(OC)c3OC)C2)nc1. The summed E-state index contributed by atoms with van der Waals surface area (Å²) in [5.74, 6) is 1.06. The summed E-state index contributed by atoms with van der Waals surface area (Å²) >= 11 is 0. The van der Waals surface area contributed by atoms with Gasteiger partial charge >= 0.3 is 12.0 Å². The standard InChI is InChI=1S/C20H26N4O4/c1-4-14-11-21-19(22-12-14)28-15-7-6-10-24(13-15)20(25)23-16-8-5-9-17(26-2)18(16)27-3/h5,8-9,11-12,15H,4,6-7,10,13H2,1-3H3,(H,23,25). The van der Waals surface area contributed by atoms with Crippen LogP contribution in [0.2, 0.25) is 0 Å². The molecule has 8 heteroatoms. The number of piperidine rings is 1. The van der Waals surface area contributed by atoms with E-state index in [1.54, 1.807) is 49.7 Å². The molecule has 150 valence electrons. The van der Waals surface area contributed by atoms with Gasteiger partial charge in [-0.1, -0.05) is 13.0 Å². The van der Waals surface area contributed by atoms with Gasteiger partial charge in [-0.3, -0.25) is 0 Å². The van der Waals surface area contributed by atoms with Crippen LogP contribution in [0.1, 0.15) is 25.3 Å². The van der Waals surface area contributed by atoms with E-state index in [9.17, 15) is 4.79 Å². The maximum Gasteiger partial charge on any atom is 0.322 e. The predicted molar refractivity (Wildman–Crippen MR) is 105 cm³/mol. The Labute approximate surface area is 164 Å². The van der Waals surface area contributed by atoms with E-state index in [4.69, 9.17) is 14.2 Å². The van der Waals surface area contributed by atoms with Crippen LogP contribution < -0.4 is 19.5 Å². The molecule has 1 aromatic carbocycles. The molecule has 2 heterocycles. The maximum atomic E-state index is 12.7. The number of benzene rings is 1. The van der Waals surface area contributed by atoms with Gasteiger partial charge in [0.05, 0.1) is 26.5 Å². The van der Waals surface area contributed by atoms with Crippen LogP contribution in [0.15, 0.2) is 30.6 Å². The lowest BCUT2D eigenvalue weighted by Crippen LogP contribution is -2.46. The lowest BCUT2D eigenvalue weighted by atomic mass is 10.1. The van der Waals surface area contributed by atoms with E-state index in [1.165, 1.54) is 0 Å². The predicted octanol–water partition coefficient (Wildman–Crippen LogP) is 3.13. The number of rotatable bonds is 6. The molecule has 1 N–H and O–H groups in total. The highest BCUT2D eigenvalue weighted by molar-refractivity contribution is 5.91. The lowest BCUT2D eigenvalue weighted by molar-refractivity contribution is 0.0982. The number of aromatic nitrogens is 2. The van der Waals surface area contributed by atoms with Gasteiger partial charge in [0, 0.05) is 18.9 Å². The van der Waals surface area contributed by atoms with Crippen molar-refractivity contribution in [2.45, 2.75) is 32.3 Å². The number of urea groups is 1. The third kappa shape index (κ3) is 4.62. The first kappa shape index (κ1) is 19.7. The summed E-state index contributed by atoms with van der Waals surface area (Å²) in [4.78, 5) is 23.0. The second-order valence-electron chi connectivity index (χ2n) is 6.53. The molecule has 2 amide bonds. The van der Waals surface area contributed by atoms with Crippen LogP contribution >= 0.6 is 0 Å². The van der Waals surface area contributed by atoms with Gasteiger partial charge in [-0.05, 0) is 37.0 Å². The van der Waals surface area contributed by atoms with Gasteiger partial charge in [-0.15, -0.1) is 0 Å². The third-order valence-electron chi connectivity index (χ3n) is 4.67. The number of aryl methyl sites for hydroxylation is 1. The first-order valence-corrected chi connectivity index (χ1v) is 9.39. The van der Waals surface area contributed by atoms with Crippen LogP contribution in [-0.4, -0.2) is 54.3 Å². The summed E-state index contributed by atoms with van der Waals surface area (Å²) < 4.78 is 16.5. The van der Waals surface area contributed by atoms with Gasteiger partial charge in [0.25, 0.3) is 0 Å². The van der Waals surface area contributed by atoms with Crippen LogP contribution in [0, 0.1) is 0 Å². The molecule has 1 unspecified atom stereocenters. The molecule has 1 aliphatic rings. The first-order chi connectivity index (χ1) is 13.6. The first-order valence-electron chi connectivity index (χ1n) is 9.39. The number of amides is 2. The smallest absolute Gasteiger partial charge is 0.322 e. The molecular weight excluding hydrogens is 360 g/mol. The number of ether oxygens (including phenoxy) is 3. The molecule has 1 fully saturated rings. The normalized spacial score (nSPS) is 16.4. The summed E-state index contributed by atoms with van der Waals surface area (Å²) in [7, 11) is 3.10. The molecule has 1 saturated heterocycles. The minimum atomic E-state index is -0.206. The van der Waals surface area contributed by atoms with Gasteiger partial charge in [0.15, 0.2) is 11.5 Å². The fourth-order valence-corrected chi connectivity index (χ4v) is 3.13. The quantitative estimate of drug-likeness (QED) is 0.821. The number of likely N-dealkylation sites (tertiary alicyclic amines) is 1. The molecule has 0 aliphatic carbocycles. The van der Waals surface area contributed by atoms with Crippen molar-refractivity contribution < 1.29 is 19.0 Å². The highest BCUT2D eigenvalue weighted by Crippen LogP contribution is 2.35. The van der Waals surface area contributed by atoms with Crippen molar-refractivity contribution in [3.05, 3.63) is 36.2 Å². The Bertz CT molecular complexity index is 797. The third-order valence-corrected chi connectivity index (χ3v) is 4.67. The molecular formula is C20H26N4O4. The minimum absolute atomic E-state index is 0.140. The zero-order chi connectivity index (χ0) is 19.9. The van der Waals surface area contributed by atoms with Crippen molar-refractivity contribution in [2.24, 2.45) is 0 Å². The number of nitrogens with zero attached hydrogens (tertiary/aromatic N) is 3. The molecule has 1 aliphatic heterocycles. The van der Waals surface area contributed by atoms with Gasteiger partial charge in [-0.2, -0.15) is 0 Å². The second kappa shape index (κ2) is 9.25. The van der Waals surface area contributed by atoms with Crippen molar-refractivity contribution in [1.82, 2.24) is 14.9 Å². The van der Waals surface area contributed by atoms with Gasteiger partial charge < -0.3 is 24.4 Å². The number of hydrogen-bond donors (Lipinski definition) is 1. The Balaban J connectivity index is 1.63. The van der Waals surface area contributed by atoms with E-state index in [0.717, 1.165) is 24.8 Å². The molecule has 1 atom stereocenters. The molecule has 8 nitrogen and oxygen atoms in total. The molecule has 1 aromatic heterocycles. The molecule has 28 heavy (non-hydrogen) atoms. The van der Waals surface area contributed by atoms with Crippen molar-refractivity contribution in [3.8, 4) is 17.5 Å². The Morgan fingerprint density at radius 1 is 1.25 bits per heavy atom. The monoisotopic (exact) mass is 386 g/mol. The number of methoxy groups -OCH3 is 2. The van der Waals surface area contributed by atoms with Crippen LogP contribution in [0.5, 0.6) is 17.5 Å². The van der Waals surface area contributed by atoms with E-state index in [-0.39, 0.29) is 12.1 Å². The molecule has 3 rings (SSSR count). The summed E-state index contributed by atoms with van der Waals surface area (Å²) in [5.41, 5.74) is 1.62. The summed E-state index contributed by atoms with van der Waals surface area (Å²) in [6.07, 6.45) is 5.98. The number of carbonyl (C=O) groups excluding carboxylic acids is 1. The van der Waals surface area contributed by atoms with E-state index in [1.807, 2.05) is 6.92 Å². The van der Waals surface area contributed by atoms with Crippen molar-refractivity contribution in [3.63, 3.8) is 0 Å². The number of para-hydroxylation sites is 1. The zero-order valence-corrected chi connectivity index (χ0v) is 16.5. The van der Waals surface area contributed by atoms with E-state index < -0.39 is 0 Å². The number of nitrogens with one attached hydrogen (secondary N) is 1. The highest BCUT2D eigenvalue weighted by Gasteiger charge is 2.26. The van der Waals surface area contributed by atoms with Crippen LogP contribution in [-0.2, 0) is 6.42 Å². The second-order valence-corrected chi connectivity index (χ2v) is 6.53. The Hall–Kier alpha value is -3.03. The largest absolute Gasteiger partial charge is 0.493 e. The van der Waals surface area contributed by atoms with Crippen molar-refractivity contribution >= 4 is 11.7 Å². The average molecular weight is 386 g/mol. The zero-order valence-electron chi connectivity index (χ0n) is 16.5. The topological polar surface area (TPSA) is 85.8 Å². The van der Waals surface area contributed by atoms with Crippen LogP contribution in [0.4, 0.5) is 10.5 Å². The Morgan fingerprint density at radius 3 is 2.71 bits per heavy atom. The van der Waals surface area contributed by atoms with Gasteiger partial charge in [-0.25, -0.2) is 14.8 Å². The van der Waals surface area contributed by atoms with Crippen LogP contribution in [0.25, 0.3) is 0 Å². The van der Waals surface area contributed by atoms with Crippen molar-refractivity contribution in [2.75, 3.05) is 32.6 Å². The molecule has 0 spiro atoms. The summed E-state index contributed by atoms with van der Waals surface area (Å²) in [6, 6.07) is 5.50. The molecule has 2 aromatic rings. The average Bonchev–Trinajstić information content (AvgIpc) is 2.74.